The second-order valence-electron chi connectivity index (χ2n) is 6.79. The van der Waals surface area contributed by atoms with Crippen molar-refractivity contribution in [1.82, 2.24) is 14.8 Å². The normalized spacial score (nSPS) is 22.1. The summed E-state index contributed by atoms with van der Waals surface area (Å²) in [6.07, 6.45) is 0.983. The Morgan fingerprint density at radius 2 is 2.21 bits per heavy atom. The number of carbonyl (C=O) groups is 1. The highest BCUT2D eigenvalue weighted by Gasteiger charge is 2.52. The predicted octanol–water partition coefficient (Wildman–Crippen LogP) is 2.26. The Bertz CT molecular complexity index is 698. The Balaban J connectivity index is 1.32. The summed E-state index contributed by atoms with van der Waals surface area (Å²) in [6.45, 7) is 3.02. The molecule has 6 heteroatoms. The number of hydrogen-bond donors (Lipinski definition) is 0. The zero-order valence-corrected chi connectivity index (χ0v) is 14.5. The van der Waals surface area contributed by atoms with Gasteiger partial charge in [0.1, 0.15) is 11.3 Å². The van der Waals surface area contributed by atoms with Crippen molar-refractivity contribution >= 4 is 17.2 Å². The topological polar surface area (TPSA) is 45.7 Å². The minimum absolute atomic E-state index is 0.0200. The van der Waals surface area contributed by atoms with Gasteiger partial charge in [-0.3, -0.25) is 9.69 Å². The Morgan fingerprint density at radius 3 is 2.92 bits per heavy atom. The van der Waals surface area contributed by atoms with Crippen molar-refractivity contribution in [3.8, 4) is 0 Å². The third-order valence-electron chi connectivity index (χ3n) is 4.98. The van der Waals surface area contributed by atoms with Crippen LogP contribution in [0.3, 0.4) is 0 Å². The maximum absolute atomic E-state index is 12.3. The molecule has 0 radical (unpaired) electrons. The summed E-state index contributed by atoms with van der Waals surface area (Å²) in [5, 5.41) is 1.80. The van der Waals surface area contributed by atoms with Crippen LogP contribution in [-0.2, 0) is 11.3 Å². The van der Waals surface area contributed by atoms with Crippen LogP contribution in [-0.4, -0.2) is 59.1 Å². The smallest absolute Gasteiger partial charge is 0.273 e. The molecule has 2 saturated heterocycles. The van der Waals surface area contributed by atoms with Gasteiger partial charge < -0.3 is 9.64 Å². The lowest BCUT2D eigenvalue weighted by Gasteiger charge is -2.47. The first-order valence-electron chi connectivity index (χ1n) is 8.21. The molecule has 0 aliphatic carbocycles. The van der Waals surface area contributed by atoms with Crippen molar-refractivity contribution in [2.45, 2.75) is 24.6 Å². The van der Waals surface area contributed by atoms with E-state index < -0.39 is 0 Å². The van der Waals surface area contributed by atoms with Crippen LogP contribution in [0.1, 0.15) is 22.5 Å². The summed E-state index contributed by atoms with van der Waals surface area (Å²) in [7, 11) is 2.15. The summed E-state index contributed by atoms with van der Waals surface area (Å²) >= 11 is 1.45. The van der Waals surface area contributed by atoms with Crippen molar-refractivity contribution in [3.05, 3.63) is 52.5 Å². The molecule has 2 aliphatic rings. The number of carbonyl (C=O) groups excluding carboxylic acids is 1. The Labute approximate surface area is 145 Å². The van der Waals surface area contributed by atoms with Gasteiger partial charge in [0, 0.05) is 18.0 Å². The first-order valence-corrected chi connectivity index (χ1v) is 9.15. The van der Waals surface area contributed by atoms with E-state index in [0.29, 0.717) is 24.8 Å². The third kappa shape index (κ3) is 2.97. The number of aromatic nitrogens is 1. The number of likely N-dealkylation sites (N-methyl/N-ethyl adjacent to an activating group) is 1. The van der Waals surface area contributed by atoms with Crippen molar-refractivity contribution in [2.75, 3.05) is 26.7 Å². The molecule has 3 heterocycles. The fourth-order valence-corrected chi connectivity index (χ4v) is 4.12. The molecule has 1 aromatic heterocycles. The number of nitrogens with zero attached hydrogens (tertiary/aromatic N) is 3. The number of ether oxygens (including phenoxy) is 1. The molecular weight excluding hydrogens is 322 g/mol. The van der Waals surface area contributed by atoms with Gasteiger partial charge in [-0.05, 0) is 19.0 Å². The number of hydrogen-bond acceptors (Lipinski definition) is 5. The average molecular weight is 343 g/mol. The van der Waals surface area contributed by atoms with Gasteiger partial charge >= 0.3 is 0 Å². The maximum Gasteiger partial charge on any atom is 0.273 e. The first kappa shape index (κ1) is 15.7. The van der Waals surface area contributed by atoms with E-state index in [-0.39, 0.29) is 11.5 Å². The molecule has 1 spiro atoms. The van der Waals surface area contributed by atoms with Gasteiger partial charge in [0.2, 0.25) is 0 Å². The number of rotatable bonds is 4. The molecule has 5 nitrogen and oxygen atoms in total. The van der Waals surface area contributed by atoms with Gasteiger partial charge in [-0.25, -0.2) is 4.98 Å². The Morgan fingerprint density at radius 1 is 1.42 bits per heavy atom. The van der Waals surface area contributed by atoms with Gasteiger partial charge in [0.05, 0.1) is 25.2 Å². The predicted molar refractivity (Wildman–Crippen MR) is 93.0 cm³/mol. The molecule has 0 N–H and O–H groups in total. The molecule has 1 atom stereocenters. The Kier molecular flexibility index (Phi) is 4.12. The second-order valence-corrected chi connectivity index (χ2v) is 7.51. The fraction of sp³-hybridized carbons (Fsp3) is 0.444. The first-order chi connectivity index (χ1) is 11.7. The number of amides is 1. The number of likely N-dealkylation sites (tertiary alicyclic amines) is 1. The molecule has 0 saturated carbocycles. The van der Waals surface area contributed by atoms with Crippen LogP contribution < -0.4 is 0 Å². The standard InChI is InChI=1S/C18H21N3O2S/c1-20(8-14-5-3-2-4-6-14)15-7-18(23-9-15)11-21(12-18)17(22)16-10-24-13-19-16/h2-6,10,13,15H,7-9,11-12H2,1H3. The molecule has 2 fully saturated rings. The number of thiazole rings is 1. The van der Waals surface area contributed by atoms with Gasteiger partial charge in [0.25, 0.3) is 5.91 Å². The van der Waals surface area contributed by atoms with Crippen LogP contribution in [0.15, 0.2) is 41.2 Å². The van der Waals surface area contributed by atoms with Crippen molar-refractivity contribution < 1.29 is 9.53 Å². The quantitative estimate of drug-likeness (QED) is 0.854. The highest BCUT2D eigenvalue weighted by Crippen LogP contribution is 2.37. The van der Waals surface area contributed by atoms with Crippen LogP contribution >= 0.6 is 11.3 Å². The van der Waals surface area contributed by atoms with E-state index in [4.69, 9.17) is 4.74 Å². The Hall–Kier alpha value is -1.76. The molecule has 2 aliphatic heterocycles. The molecular formula is C18H21N3O2S. The molecule has 1 unspecified atom stereocenters. The van der Waals surface area contributed by atoms with E-state index >= 15 is 0 Å². The van der Waals surface area contributed by atoms with Crippen LogP contribution in [0.25, 0.3) is 0 Å². The minimum atomic E-state index is -0.151. The molecule has 4 rings (SSSR count). The zero-order chi connectivity index (χ0) is 16.6. The largest absolute Gasteiger partial charge is 0.370 e. The van der Waals surface area contributed by atoms with Gasteiger partial charge in [-0.2, -0.15) is 0 Å². The molecule has 1 amide bonds. The fourth-order valence-electron chi connectivity index (χ4n) is 3.60. The van der Waals surface area contributed by atoms with E-state index in [0.717, 1.165) is 19.6 Å². The summed E-state index contributed by atoms with van der Waals surface area (Å²) in [4.78, 5) is 20.6. The summed E-state index contributed by atoms with van der Waals surface area (Å²) in [5.41, 5.74) is 3.41. The van der Waals surface area contributed by atoms with E-state index in [1.165, 1.54) is 16.9 Å². The molecule has 24 heavy (non-hydrogen) atoms. The van der Waals surface area contributed by atoms with E-state index in [1.807, 2.05) is 11.0 Å². The minimum Gasteiger partial charge on any atom is -0.370 e. The molecule has 2 aromatic rings. The molecule has 0 bridgehead atoms. The van der Waals surface area contributed by atoms with E-state index in [1.54, 1.807) is 10.9 Å². The zero-order valence-electron chi connectivity index (χ0n) is 13.7. The molecule has 126 valence electrons. The maximum atomic E-state index is 12.3. The van der Waals surface area contributed by atoms with Gasteiger partial charge in [0.15, 0.2) is 0 Å². The van der Waals surface area contributed by atoms with E-state index in [9.17, 15) is 4.79 Å². The van der Waals surface area contributed by atoms with Gasteiger partial charge in [-0.15, -0.1) is 11.3 Å². The SMILES string of the molecule is CN(Cc1ccccc1)C1COC2(C1)CN(C(=O)c1cscn1)C2. The second kappa shape index (κ2) is 6.27. The lowest BCUT2D eigenvalue weighted by Crippen LogP contribution is -2.63. The summed E-state index contributed by atoms with van der Waals surface area (Å²) in [6, 6.07) is 10.9. The molecule has 1 aromatic carbocycles. The monoisotopic (exact) mass is 343 g/mol. The van der Waals surface area contributed by atoms with Crippen LogP contribution in [0.2, 0.25) is 0 Å². The highest BCUT2D eigenvalue weighted by molar-refractivity contribution is 7.07. The summed E-state index contributed by atoms with van der Waals surface area (Å²) < 4.78 is 6.09. The third-order valence-corrected chi connectivity index (χ3v) is 5.57. The van der Waals surface area contributed by atoms with Crippen molar-refractivity contribution in [1.29, 1.82) is 0 Å². The lowest BCUT2D eigenvalue weighted by molar-refractivity contribution is -0.0952. The van der Waals surface area contributed by atoms with Crippen LogP contribution in [0, 0.1) is 0 Å². The lowest BCUT2D eigenvalue weighted by atomic mass is 9.88. The van der Waals surface area contributed by atoms with Gasteiger partial charge in [-0.1, -0.05) is 30.3 Å². The average Bonchev–Trinajstić information content (AvgIpc) is 3.24. The number of benzene rings is 1. The van der Waals surface area contributed by atoms with Crippen LogP contribution in [0.5, 0.6) is 0 Å². The van der Waals surface area contributed by atoms with Crippen molar-refractivity contribution in [2.24, 2.45) is 0 Å². The highest BCUT2D eigenvalue weighted by atomic mass is 32.1. The summed E-state index contributed by atoms with van der Waals surface area (Å²) in [5.74, 6) is 0.0200. The van der Waals surface area contributed by atoms with E-state index in [2.05, 4.69) is 41.2 Å². The van der Waals surface area contributed by atoms with Crippen molar-refractivity contribution in [3.63, 3.8) is 0 Å². The van der Waals surface area contributed by atoms with Crippen LogP contribution in [0.4, 0.5) is 0 Å².